The molecule has 0 N–H and O–H groups in total. The topological polar surface area (TPSA) is 90.0 Å². The van der Waals surface area contributed by atoms with Crippen molar-refractivity contribution in [3.8, 4) is 5.75 Å². The summed E-state index contributed by atoms with van der Waals surface area (Å²) in [5, 5.41) is 0. The number of hydrogen-bond acceptors (Lipinski definition) is 6. The van der Waals surface area contributed by atoms with E-state index in [9.17, 15) is 18.0 Å². The molecule has 150 valence electrons. The molecule has 0 atom stereocenters. The average Bonchev–Trinajstić information content (AvgIpc) is 2.65. The number of esters is 1. The molecule has 0 radical (unpaired) electrons. The molecule has 0 fully saturated rings. The molecular formula is C20H23NO6S. The van der Waals surface area contributed by atoms with Crippen LogP contribution in [0.15, 0.2) is 48.5 Å². The molecule has 0 aliphatic heterocycles. The first kappa shape index (κ1) is 21.4. The van der Waals surface area contributed by atoms with Gasteiger partial charge in [0.05, 0.1) is 18.4 Å². The summed E-state index contributed by atoms with van der Waals surface area (Å²) in [4.78, 5) is 25.8. The minimum Gasteiger partial charge on any atom is -0.497 e. The maximum atomic E-state index is 12.2. The Bertz CT molecular complexity index is 937. The summed E-state index contributed by atoms with van der Waals surface area (Å²) < 4.78 is 32.9. The molecule has 2 rings (SSSR count). The highest BCUT2D eigenvalue weighted by Gasteiger charge is 2.15. The summed E-state index contributed by atoms with van der Waals surface area (Å²) in [6.07, 6.45) is 1.12. The van der Waals surface area contributed by atoms with E-state index in [1.807, 2.05) is 12.1 Å². The van der Waals surface area contributed by atoms with Gasteiger partial charge in [-0.15, -0.1) is 0 Å². The molecule has 0 aromatic heterocycles. The first-order valence-electron chi connectivity index (χ1n) is 8.48. The molecule has 0 saturated heterocycles. The van der Waals surface area contributed by atoms with Crippen LogP contribution in [-0.4, -0.2) is 52.2 Å². The largest absolute Gasteiger partial charge is 0.497 e. The third kappa shape index (κ3) is 6.70. The van der Waals surface area contributed by atoms with Gasteiger partial charge in [-0.2, -0.15) is 0 Å². The molecule has 8 heteroatoms. The van der Waals surface area contributed by atoms with Crippen molar-refractivity contribution in [2.45, 2.75) is 12.3 Å². The Labute approximate surface area is 164 Å². The number of likely N-dealkylation sites (N-methyl/N-ethyl adjacent to an activating group) is 1. The molecule has 7 nitrogen and oxygen atoms in total. The second-order valence-electron chi connectivity index (χ2n) is 6.44. The van der Waals surface area contributed by atoms with Gasteiger partial charge in [0, 0.05) is 19.8 Å². The van der Waals surface area contributed by atoms with Gasteiger partial charge in [0.1, 0.15) is 5.75 Å². The molecule has 0 unspecified atom stereocenters. The fraction of sp³-hybridized carbons (Fsp3) is 0.300. The number of carbonyl (C=O) groups is 2. The number of rotatable bonds is 8. The Hall–Kier alpha value is -2.87. The van der Waals surface area contributed by atoms with Crippen molar-refractivity contribution in [1.82, 2.24) is 4.90 Å². The quantitative estimate of drug-likeness (QED) is 0.625. The van der Waals surface area contributed by atoms with E-state index in [0.717, 1.165) is 17.6 Å². The number of hydrogen-bond donors (Lipinski definition) is 0. The second-order valence-corrected chi connectivity index (χ2v) is 8.58. The predicted octanol–water partition coefficient (Wildman–Crippen LogP) is 2.06. The number of methoxy groups -OCH3 is 1. The van der Waals surface area contributed by atoms with Crippen LogP contribution in [0.4, 0.5) is 0 Å². The SMILES string of the molecule is COc1ccc(CN(C)C(=O)COC(=O)c2cccc(CS(C)(=O)=O)c2)cc1. The summed E-state index contributed by atoms with van der Waals surface area (Å²) in [7, 11) is -0.0142. The van der Waals surface area contributed by atoms with E-state index in [4.69, 9.17) is 9.47 Å². The Morgan fingerprint density at radius 1 is 1.04 bits per heavy atom. The Balaban J connectivity index is 1.90. The zero-order valence-corrected chi connectivity index (χ0v) is 16.9. The summed E-state index contributed by atoms with van der Waals surface area (Å²) in [6, 6.07) is 13.5. The van der Waals surface area contributed by atoms with Gasteiger partial charge in [0.15, 0.2) is 16.4 Å². The van der Waals surface area contributed by atoms with Gasteiger partial charge in [-0.05, 0) is 35.4 Å². The van der Waals surface area contributed by atoms with Crippen LogP contribution in [0.5, 0.6) is 5.75 Å². The fourth-order valence-corrected chi connectivity index (χ4v) is 3.29. The van der Waals surface area contributed by atoms with Crippen molar-refractivity contribution in [3.63, 3.8) is 0 Å². The lowest BCUT2D eigenvalue weighted by atomic mass is 10.1. The Kier molecular flexibility index (Phi) is 7.17. The smallest absolute Gasteiger partial charge is 0.338 e. The first-order chi connectivity index (χ1) is 13.2. The summed E-state index contributed by atoms with van der Waals surface area (Å²) in [6.45, 7) is -0.0357. The van der Waals surface area contributed by atoms with Crippen LogP contribution in [0, 0.1) is 0 Å². The summed E-state index contributed by atoms with van der Waals surface area (Å²) in [5.41, 5.74) is 1.60. The predicted molar refractivity (Wildman–Crippen MR) is 105 cm³/mol. The van der Waals surface area contributed by atoms with Gasteiger partial charge in [0.2, 0.25) is 0 Å². The van der Waals surface area contributed by atoms with E-state index in [2.05, 4.69) is 0 Å². The lowest BCUT2D eigenvalue weighted by Crippen LogP contribution is -2.30. The van der Waals surface area contributed by atoms with E-state index in [0.29, 0.717) is 12.1 Å². The van der Waals surface area contributed by atoms with Crippen molar-refractivity contribution in [1.29, 1.82) is 0 Å². The minimum absolute atomic E-state index is 0.169. The maximum absolute atomic E-state index is 12.2. The van der Waals surface area contributed by atoms with Crippen LogP contribution < -0.4 is 4.74 Å². The third-order valence-electron chi connectivity index (χ3n) is 3.92. The molecule has 0 spiro atoms. The molecule has 28 heavy (non-hydrogen) atoms. The monoisotopic (exact) mass is 405 g/mol. The first-order valence-corrected chi connectivity index (χ1v) is 10.5. The van der Waals surface area contributed by atoms with Crippen molar-refractivity contribution < 1.29 is 27.5 Å². The molecule has 0 heterocycles. The number of nitrogens with zero attached hydrogens (tertiary/aromatic N) is 1. The van der Waals surface area contributed by atoms with Crippen molar-refractivity contribution in [2.24, 2.45) is 0 Å². The van der Waals surface area contributed by atoms with Gasteiger partial charge >= 0.3 is 5.97 Å². The normalized spacial score (nSPS) is 11.0. The number of amides is 1. The van der Waals surface area contributed by atoms with Gasteiger partial charge < -0.3 is 14.4 Å². The van der Waals surface area contributed by atoms with E-state index < -0.39 is 22.4 Å². The summed E-state index contributed by atoms with van der Waals surface area (Å²) >= 11 is 0. The highest BCUT2D eigenvalue weighted by Crippen LogP contribution is 2.13. The molecule has 1 amide bonds. The van der Waals surface area contributed by atoms with Crippen LogP contribution in [0.3, 0.4) is 0 Å². The highest BCUT2D eigenvalue weighted by atomic mass is 32.2. The Morgan fingerprint density at radius 3 is 2.32 bits per heavy atom. The van der Waals surface area contributed by atoms with Crippen LogP contribution in [0.1, 0.15) is 21.5 Å². The van der Waals surface area contributed by atoms with Gasteiger partial charge in [-0.1, -0.05) is 24.3 Å². The van der Waals surface area contributed by atoms with Gasteiger partial charge in [0.25, 0.3) is 5.91 Å². The fourth-order valence-electron chi connectivity index (χ4n) is 2.50. The number of carbonyl (C=O) groups excluding carboxylic acids is 2. The molecular weight excluding hydrogens is 382 g/mol. The average molecular weight is 405 g/mol. The maximum Gasteiger partial charge on any atom is 0.338 e. The van der Waals surface area contributed by atoms with E-state index in [1.165, 1.54) is 17.0 Å². The lowest BCUT2D eigenvalue weighted by molar-refractivity contribution is -0.133. The summed E-state index contributed by atoms with van der Waals surface area (Å²) in [5.74, 6) is -0.472. The molecule has 0 saturated carbocycles. The molecule has 0 aliphatic carbocycles. The molecule has 2 aromatic carbocycles. The van der Waals surface area contributed by atoms with E-state index in [1.54, 1.807) is 38.4 Å². The van der Waals surface area contributed by atoms with Crippen LogP contribution in [0.25, 0.3) is 0 Å². The number of ether oxygens (including phenoxy) is 2. The van der Waals surface area contributed by atoms with Crippen molar-refractivity contribution in [3.05, 3.63) is 65.2 Å². The molecule has 2 aromatic rings. The zero-order valence-electron chi connectivity index (χ0n) is 16.0. The Morgan fingerprint density at radius 2 is 1.71 bits per heavy atom. The van der Waals surface area contributed by atoms with Crippen molar-refractivity contribution >= 4 is 21.7 Å². The van der Waals surface area contributed by atoms with Crippen LogP contribution in [0.2, 0.25) is 0 Å². The highest BCUT2D eigenvalue weighted by molar-refractivity contribution is 7.89. The number of sulfone groups is 1. The zero-order chi connectivity index (χ0) is 20.7. The lowest BCUT2D eigenvalue weighted by Gasteiger charge is -2.17. The molecule has 0 bridgehead atoms. The standard InChI is InChI=1S/C20H23NO6S/c1-21(12-15-7-9-18(26-2)10-8-15)19(22)13-27-20(23)17-6-4-5-16(11-17)14-28(3,24)25/h4-11H,12-14H2,1-3H3. The van der Waals surface area contributed by atoms with Crippen molar-refractivity contribution in [2.75, 3.05) is 27.0 Å². The third-order valence-corrected chi connectivity index (χ3v) is 4.78. The van der Waals surface area contributed by atoms with E-state index >= 15 is 0 Å². The van der Waals surface area contributed by atoms with Gasteiger partial charge in [-0.25, -0.2) is 13.2 Å². The van der Waals surface area contributed by atoms with Crippen LogP contribution >= 0.6 is 0 Å². The minimum atomic E-state index is -3.21. The van der Waals surface area contributed by atoms with E-state index in [-0.39, 0.29) is 17.2 Å². The second kappa shape index (κ2) is 9.36. The molecule has 0 aliphatic rings. The van der Waals surface area contributed by atoms with Crippen LogP contribution in [-0.2, 0) is 31.7 Å². The number of benzene rings is 2. The van der Waals surface area contributed by atoms with Gasteiger partial charge in [-0.3, -0.25) is 4.79 Å².